The van der Waals surface area contributed by atoms with Crippen LogP contribution in [0.2, 0.25) is 0 Å². The number of fused-ring (bicyclic) bond motifs is 5. The number of carbonyl (C=O) groups is 1. The van der Waals surface area contributed by atoms with Crippen molar-refractivity contribution in [2.75, 3.05) is 18.2 Å². The summed E-state index contributed by atoms with van der Waals surface area (Å²) >= 11 is 0. The number of aryl methyl sites for hydroxylation is 1. The van der Waals surface area contributed by atoms with E-state index >= 15 is 0 Å². The average Bonchev–Trinajstić information content (AvgIpc) is 2.82. The fourth-order valence-electron chi connectivity index (χ4n) is 4.62. The Morgan fingerprint density at radius 3 is 2.68 bits per heavy atom. The van der Waals surface area contributed by atoms with Crippen molar-refractivity contribution in [3.05, 3.63) is 93.7 Å². The van der Waals surface area contributed by atoms with Gasteiger partial charge in [0.1, 0.15) is 6.67 Å². The number of rotatable bonds is 1. The van der Waals surface area contributed by atoms with E-state index in [1.54, 1.807) is 15.8 Å². The van der Waals surface area contributed by atoms with Crippen molar-refractivity contribution in [2.45, 2.75) is 31.7 Å². The van der Waals surface area contributed by atoms with Crippen molar-refractivity contribution < 1.29 is 9.90 Å². The lowest BCUT2D eigenvalue weighted by molar-refractivity contribution is 0.0677. The zero-order valence-electron chi connectivity index (χ0n) is 17.1. The lowest BCUT2D eigenvalue weighted by atomic mass is 9.93. The summed E-state index contributed by atoms with van der Waals surface area (Å²) in [5.74, 6) is -0.820. The Labute approximate surface area is 180 Å². The quantitative estimate of drug-likeness (QED) is 0.660. The summed E-state index contributed by atoms with van der Waals surface area (Å²) in [6.07, 6.45) is 9.12. The molecule has 5 rings (SSSR count). The number of pyridine rings is 2. The normalized spacial score (nSPS) is 18.7. The van der Waals surface area contributed by atoms with Crippen LogP contribution < -0.4 is 10.4 Å². The first-order chi connectivity index (χ1) is 15.1. The van der Waals surface area contributed by atoms with Crippen molar-refractivity contribution in [3.8, 4) is 5.75 Å². The number of amides is 1. The van der Waals surface area contributed by atoms with Gasteiger partial charge in [-0.15, -0.1) is 0 Å². The molecule has 4 heterocycles. The SMILES string of the molecule is O=C1c2c(O)c(=O)ccn2N2CN1CCCCCc1ccncc1[C@H]2c1ccccc1. The number of benzene rings is 1. The van der Waals surface area contributed by atoms with Crippen molar-refractivity contribution in [3.63, 3.8) is 0 Å². The number of aromatic nitrogens is 2. The maximum atomic E-state index is 13.2. The smallest absolute Gasteiger partial charge is 0.277 e. The number of carbonyl (C=O) groups excluding carboxylic acids is 1. The predicted molar refractivity (Wildman–Crippen MR) is 117 cm³/mol. The summed E-state index contributed by atoms with van der Waals surface area (Å²) < 4.78 is 1.64. The molecule has 1 amide bonds. The highest BCUT2D eigenvalue weighted by molar-refractivity contribution is 5.96. The van der Waals surface area contributed by atoms with Crippen molar-refractivity contribution >= 4 is 5.91 Å². The topological polar surface area (TPSA) is 78.7 Å². The minimum atomic E-state index is -0.552. The lowest BCUT2D eigenvalue weighted by Gasteiger charge is -2.44. The molecule has 2 aliphatic rings. The molecule has 1 atom stereocenters. The van der Waals surface area contributed by atoms with Crippen molar-refractivity contribution in [2.24, 2.45) is 0 Å². The lowest BCUT2D eigenvalue weighted by Crippen LogP contribution is -2.55. The molecule has 0 unspecified atom stereocenters. The highest BCUT2D eigenvalue weighted by Gasteiger charge is 2.37. The van der Waals surface area contributed by atoms with E-state index in [1.807, 2.05) is 35.6 Å². The van der Waals surface area contributed by atoms with Gasteiger partial charge in [0.25, 0.3) is 5.91 Å². The molecule has 0 fully saturated rings. The van der Waals surface area contributed by atoms with Gasteiger partial charge in [-0.25, -0.2) is 0 Å². The molecule has 1 aromatic carbocycles. The molecule has 2 aromatic heterocycles. The van der Waals surface area contributed by atoms with E-state index in [1.165, 1.54) is 11.6 Å². The maximum Gasteiger partial charge on any atom is 0.277 e. The van der Waals surface area contributed by atoms with Crippen LogP contribution in [0.15, 0.2) is 65.8 Å². The number of aromatic hydroxyl groups is 1. The van der Waals surface area contributed by atoms with E-state index in [4.69, 9.17) is 0 Å². The number of nitrogens with zero attached hydrogens (tertiary/aromatic N) is 4. The predicted octanol–water partition coefficient (Wildman–Crippen LogP) is 2.82. The van der Waals surface area contributed by atoms with Gasteiger partial charge in [0.15, 0.2) is 11.4 Å². The second-order valence-electron chi connectivity index (χ2n) is 8.07. The Hall–Kier alpha value is -3.61. The van der Waals surface area contributed by atoms with Gasteiger partial charge in [-0.2, -0.15) is 0 Å². The standard InChI is InChI=1S/C24H24N4O3/c29-20-11-14-27-22(23(20)30)24(31)26-13-6-2-5-7-17-10-12-25-15-19(17)21(28(27)16-26)18-8-3-1-4-9-18/h1,3-4,8-12,14-15,21,30H,2,5-7,13,16H2/t21-/m1/s1. The molecule has 0 saturated heterocycles. The molecular weight excluding hydrogens is 392 g/mol. The molecular formula is C24H24N4O3. The third kappa shape index (κ3) is 3.36. The molecule has 7 heteroatoms. The van der Waals surface area contributed by atoms with Crippen LogP contribution in [-0.2, 0) is 6.42 Å². The number of hydrogen-bond donors (Lipinski definition) is 1. The van der Waals surface area contributed by atoms with Crippen LogP contribution >= 0.6 is 0 Å². The Morgan fingerprint density at radius 2 is 1.84 bits per heavy atom. The highest BCUT2D eigenvalue weighted by Crippen LogP contribution is 2.34. The van der Waals surface area contributed by atoms with Crippen LogP contribution in [0.3, 0.4) is 0 Å². The van der Waals surface area contributed by atoms with Gasteiger partial charge >= 0.3 is 0 Å². The van der Waals surface area contributed by atoms with Gasteiger partial charge in [-0.1, -0.05) is 36.8 Å². The summed E-state index contributed by atoms with van der Waals surface area (Å²) in [5.41, 5.74) is 2.80. The molecule has 31 heavy (non-hydrogen) atoms. The first-order valence-corrected chi connectivity index (χ1v) is 10.6. The summed E-state index contributed by atoms with van der Waals surface area (Å²) in [6.45, 7) is 0.927. The molecule has 2 bridgehead atoms. The van der Waals surface area contributed by atoms with Gasteiger partial charge in [0, 0.05) is 36.8 Å². The molecule has 2 aliphatic heterocycles. The van der Waals surface area contributed by atoms with Gasteiger partial charge < -0.3 is 10.0 Å². The molecule has 0 aliphatic carbocycles. The molecule has 158 valence electrons. The van der Waals surface area contributed by atoms with Crippen LogP contribution in [-0.4, -0.2) is 38.8 Å². The molecule has 0 radical (unpaired) electrons. The van der Waals surface area contributed by atoms with E-state index in [9.17, 15) is 14.7 Å². The van der Waals surface area contributed by atoms with E-state index < -0.39 is 11.2 Å². The van der Waals surface area contributed by atoms with Crippen LogP contribution in [0.5, 0.6) is 5.75 Å². The summed E-state index contributed by atoms with van der Waals surface area (Å²) in [7, 11) is 0. The van der Waals surface area contributed by atoms with E-state index in [0.717, 1.165) is 36.8 Å². The molecule has 0 spiro atoms. The monoisotopic (exact) mass is 416 g/mol. The van der Waals surface area contributed by atoms with Crippen LogP contribution in [0.1, 0.15) is 52.5 Å². The largest absolute Gasteiger partial charge is 0.502 e. The second-order valence-corrected chi connectivity index (χ2v) is 8.07. The van der Waals surface area contributed by atoms with Crippen molar-refractivity contribution in [1.82, 2.24) is 14.6 Å². The van der Waals surface area contributed by atoms with E-state index in [2.05, 4.69) is 23.2 Å². The molecule has 0 saturated carbocycles. The van der Waals surface area contributed by atoms with Gasteiger partial charge in [0.05, 0.1) is 6.04 Å². The maximum absolute atomic E-state index is 13.2. The second kappa shape index (κ2) is 7.91. The van der Waals surface area contributed by atoms with Gasteiger partial charge in [-0.05, 0) is 36.5 Å². The fraction of sp³-hybridized carbons (Fsp3) is 0.292. The summed E-state index contributed by atoms with van der Waals surface area (Å²) in [6, 6.07) is 13.2. The van der Waals surface area contributed by atoms with E-state index in [0.29, 0.717) is 13.2 Å². The van der Waals surface area contributed by atoms with Crippen LogP contribution in [0.4, 0.5) is 0 Å². The number of hydrogen-bond acceptors (Lipinski definition) is 5. The van der Waals surface area contributed by atoms with Crippen molar-refractivity contribution in [1.29, 1.82) is 0 Å². The third-order valence-electron chi connectivity index (χ3n) is 6.16. The van der Waals surface area contributed by atoms with Gasteiger partial charge in [0.2, 0.25) is 5.43 Å². The summed E-state index contributed by atoms with van der Waals surface area (Å²) in [5, 5.41) is 12.6. The zero-order chi connectivity index (χ0) is 21.4. The average molecular weight is 416 g/mol. The first-order valence-electron chi connectivity index (χ1n) is 10.6. The highest BCUT2D eigenvalue weighted by atomic mass is 16.3. The van der Waals surface area contributed by atoms with Crippen LogP contribution in [0, 0.1) is 0 Å². The fourth-order valence-corrected chi connectivity index (χ4v) is 4.62. The Kier molecular flexibility index (Phi) is 4.94. The summed E-state index contributed by atoms with van der Waals surface area (Å²) in [4.78, 5) is 31.5. The first kappa shape index (κ1) is 19.4. The van der Waals surface area contributed by atoms with Crippen LogP contribution in [0.25, 0.3) is 0 Å². The minimum Gasteiger partial charge on any atom is -0.502 e. The van der Waals surface area contributed by atoms with Gasteiger partial charge in [-0.3, -0.25) is 24.3 Å². The zero-order valence-corrected chi connectivity index (χ0v) is 17.1. The third-order valence-corrected chi connectivity index (χ3v) is 6.16. The Morgan fingerprint density at radius 1 is 1.00 bits per heavy atom. The Bertz CT molecular complexity index is 1170. The molecule has 3 aromatic rings. The minimum absolute atomic E-state index is 0.0179. The Balaban J connectivity index is 1.78. The van der Waals surface area contributed by atoms with E-state index in [-0.39, 0.29) is 17.6 Å². The molecule has 1 N–H and O–H groups in total. The molecule has 7 nitrogen and oxygen atoms in total.